The number of methoxy groups -OCH3 is 1. The summed E-state index contributed by atoms with van der Waals surface area (Å²) < 4.78 is 18.6. The molecule has 6 heteroatoms. The topological polar surface area (TPSA) is 66.8 Å². The molecule has 1 amide bonds. The van der Waals surface area contributed by atoms with Crippen molar-refractivity contribution in [3.8, 4) is 0 Å². The van der Waals surface area contributed by atoms with E-state index in [1.807, 2.05) is 0 Å². The minimum absolute atomic E-state index is 0.0484. The number of carboxylic acid groups (broad SMARTS) is 1. The van der Waals surface area contributed by atoms with Crippen molar-refractivity contribution in [3.05, 3.63) is 35.1 Å². The molecule has 0 bridgehead atoms. The lowest BCUT2D eigenvalue weighted by Crippen LogP contribution is -2.44. The van der Waals surface area contributed by atoms with Crippen LogP contribution < -0.4 is 0 Å². The van der Waals surface area contributed by atoms with Crippen LogP contribution in [0, 0.1) is 5.82 Å². The lowest BCUT2D eigenvalue weighted by molar-refractivity contribution is -0.137. The molecule has 23 heavy (non-hydrogen) atoms. The van der Waals surface area contributed by atoms with Crippen LogP contribution in [0.15, 0.2) is 18.2 Å². The average Bonchev–Trinajstić information content (AvgIpc) is 2.55. The lowest BCUT2D eigenvalue weighted by atomic mass is 9.96. The first-order chi connectivity index (χ1) is 11.0. The first-order valence-electron chi connectivity index (χ1n) is 7.83. The second-order valence-corrected chi connectivity index (χ2v) is 5.82. The molecule has 126 valence electrons. The molecule has 5 nitrogen and oxygen atoms in total. The van der Waals surface area contributed by atoms with Crippen LogP contribution in [0.5, 0.6) is 0 Å². The van der Waals surface area contributed by atoms with Gasteiger partial charge in [0.1, 0.15) is 5.82 Å². The van der Waals surface area contributed by atoms with Crippen molar-refractivity contribution in [1.29, 1.82) is 0 Å². The number of halogens is 1. The molecule has 1 aromatic carbocycles. The van der Waals surface area contributed by atoms with Crippen molar-refractivity contribution in [1.82, 2.24) is 4.90 Å². The second-order valence-electron chi connectivity index (χ2n) is 5.82. The van der Waals surface area contributed by atoms with Crippen molar-refractivity contribution in [3.63, 3.8) is 0 Å². The Morgan fingerprint density at radius 1 is 1.39 bits per heavy atom. The molecule has 0 aromatic heterocycles. The molecule has 1 N–H and O–H groups in total. The van der Waals surface area contributed by atoms with E-state index >= 15 is 0 Å². The predicted molar refractivity (Wildman–Crippen MR) is 82.7 cm³/mol. The van der Waals surface area contributed by atoms with Crippen molar-refractivity contribution >= 4 is 11.9 Å². The highest BCUT2D eigenvalue weighted by Crippen LogP contribution is 2.24. The van der Waals surface area contributed by atoms with E-state index in [4.69, 9.17) is 9.84 Å². The number of carboxylic acids is 1. The van der Waals surface area contributed by atoms with Crippen molar-refractivity contribution in [2.45, 2.75) is 44.8 Å². The van der Waals surface area contributed by atoms with Gasteiger partial charge in [-0.3, -0.25) is 9.59 Å². The van der Waals surface area contributed by atoms with Crippen molar-refractivity contribution in [2.75, 3.05) is 13.7 Å². The van der Waals surface area contributed by atoms with Gasteiger partial charge in [0.2, 0.25) is 0 Å². The third-order valence-electron chi connectivity index (χ3n) is 4.17. The largest absolute Gasteiger partial charge is 0.481 e. The highest BCUT2D eigenvalue weighted by atomic mass is 19.1. The van der Waals surface area contributed by atoms with Gasteiger partial charge in [0.15, 0.2) is 0 Å². The van der Waals surface area contributed by atoms with Gasteiger partial charge in [-0.1, -0.05) is 0 Å². The summed E-state index contributed by atoms with van der Waals surface area (Å²) in [6.07, 6.45) is 3.21. The zero-order valence-electron chi connectivity index (χ0n) is 13.3. The summed E-state index contributed by atoms with van der Waals surface area (Å²) in [6.45, 7) is 0.718. The monoisotopic (exact) mass is 323 g/mol. The zero-order valence-corrected chi connectivity index (χ0v) is 13.3. The average molecular weight is 323 g/mol. The number of hydrogen-bond acceptors (Lipinski definition) is 3. The number of hydrogen-bond donors (Lipinski definition) is 1. The summed E-state index contributed by atoms with van der Waals surface area (Å²) in [5.41, 5.74) is 0.762. The van der Waals surface area contributed by atoms with Crippen molar-refractivity contribution < 1.29 is 23.8 Å². The summed E-state index contributed by atoms with van der Waals surface area (Å²) in [4.78, 5) is 25.3. The van der Waals surface area contributed by atoms with E-state index in [9.17, 15) is 14.0 Å². The molecule has 1 aromatic rings. The molecule has 1 saturated heterocycles. The molecule has 1 aliphatic heterocycles. The van der Waals surface area contributed by atoms with Crippen molar-refractivity contribution in [2.24, 2.45) is 0 Å². The molecule has 2 rings (SSSR count). The van der Waals surface area contributed by atoms with Gasteiger partial charge in [-0.25, -0.2) is 4.39 Å². The number of benzene rings is 1. The minimum Gasteiger partial charge on any atom is -0.481 e. The Hall–Kier alpha value is -1.95. The van der Waals surface area contributed by atoms with E-state index in [0.717, 1.165) is 19.3 Å². The number of piperidine rings is 1. The van der Waals surface area contributed by atoms with Crippen LogP contribution in [0.25, 0.3) is 0 Å². The van der Waals surface area contributed by atoms with Gasteiger partial charge in [0.05, 0.1) is 6.61 Å². The van der Waals surface area contributed by atoms with Crippen LogP contribution in [0.1, 0.15) is 48.0 Å². The second kappa shape index (κ2) is 8.06. The van der Waals surface area contributed by atoms with Gasteiger partial charge >= 0.3 is 5.97 Å². The van der Waals surface area contributed by atoms with Crippen LogP contribution >= 0.6 is 0 Å². The van der Waals surface area contributed by atoms with Crippen LogP contribution in [0.4, 0.5) is 4.39 Å². The molecular weight excluding hydrogens is 301 g/mol. The van der Waals surface area contributed by atoms with Crippen LogP contribution in [0.3, 0.4) is 0 Å². The number of carbonyl (C=O) groups excluding carboxylic acids is 1. The smallest absolute Gasteiger partial charge is 0.303 e. The number of carbonyl (C=O) groups is 2. The molecule has 0 spiro atoms. The molecule has 0 aliphatic carbocycles. The van der Waals surface area contributed by atoms with Crippen LogP contribution in [0.2, 0.25) is 0 Å². The maximum absolute atomic E-state index is 13.7. The van der Waals surface area contributed by atoms with Gasteiger partial charge in [-0.05, 0) is 43.9 Å². The molecule has 1 fully saturated rings. The summed E-state index contributed by atoms with van der Waals surface area (Å²) in [5.74, 6) is -1.42. The van der Waals surface area contributed by atoms with E-state index in [-0.39, 0.29) is 25.0 Å². The predicted octanol–water partition coefficient (Wildman–Crippen LogP) is 2.83. The van der Waals surface area contributed by atoms with Gasteiger partial charge in [-0.15, -0.1) is 0 Å². The molecule has 1 atom stereocenters. The van der Waals surface area contributed by atoms with E-state index in [0.29, 0.717) is 24.1 Å². The molecule has 0 saturated carbocycles. The van der Waals surface area contributed by atoms with E-state index in [2.05, 4.69) is 0 Å². The number of likely N-dealkylation sites (tertiary alicyclic amines) is 1. The van der Waals surface area contributed by atoms with Gasteiger partial charge in [0, 0.05) is 37.2 Å². The Labute approximate surface area is 135 Å². The number of ether oxygens (including phenoxy) is 1. The fraction of sp³-hybridized carbons (Fsp3) is 0.529. The minimum atomic E-state index is -0.855. The van der Waals surface area contributed by atoms with E-state index in [1.165, 1.54) is 25.3 Å². The number of amides is 1. The molecule has 1 heterocycles. The third-order valence-corrected chi connectivity index (χ3v) is 4.17. The summed E-state index contributed by atoms with van der Waals surface area (Å²) in [5, 5.41) is 8.85. The SMILES string of the molecule is COCc1cc(C(=O)N2CCCCC2CCC(=O)O)ccc1F. The summed E-state index contributed by atoms with van der Waals surface area (Å²) in [7, 11) is 1.47. The summed E-state index contributed by atoms with van der Waals surface area (Å²) >= 11 is 0. The highest BCUT2D eigenvalue weighted by Gasteiger charge is 2.28. The lowest BCUT2D eigenvalue weighted by Gasteiger charge is -2.35. The van der Waals surface area contributed by atoms with Crippen LogP contribution in [-0.4, -0.2) is 41.6 Å². The Morgan fingerprint density at radius 2 is 2.17 bits per heavy atom. The Balaban J connectivity index is 2.16. The van der Waals surface area contributed by atoms with Gasteiger partial charge in [0.25, 0.3) is 5.91 Å². The normalized spacial score (nSPS) is 18.0. The van der Waals surface area contributed by atoms with Crippen LogP contribution in [-0.2, 0) is 16.1 Å². The molecular formula is C17H22FNO4. The molecule has 1 unspecified atom stereocenters. The highest BCUT2D eigenvalue weighted by molar-refractivity contribution is 5.94. The molecule has 0 radical (unpaired) electrons. The van der Waals surface area contributed by atoms with Gasteiger partial charge < -0.3 is 14.7 Å². The first kappa shape index (κ1) is 17.4. The number of aliphatic carboxylic acids is 1. The first-order valence-corrected chi connectivity index (χ1v) is 7.83. The maximum atomic E-state index is 13.7. The number of rotatable bonds is 6. The third kappa shape index (κ3) is 4.51. The Kier molecular flexibility index (Phi) is 6.10. The van der Waals surface area contributed by atoms with Gasteiger partial charge in [-0.2, -0.15) is 0 Å². The quantitative estimate of drug-likeness (QED) is 0.874. The van der Waals surface area contributed by atoms with E-state index in [1.54, 1.807) is 4.90 Å². The standard InChI is InChI=1S/C17H22FNO4/c1-23-11-13-10-12(5-7-15(13)18)17(22)19-9-3-2-4-14(19)6-8-16(20)21/h5,7,10,14H,2-4,6,8-9,11H2,1H3,(H,20,21). The fourth-order valence-electron chi connectivity index (χ4n) is 3.00. The van der Waals surface area contributed by atoms with E-state index < -0.39 is 11.8 Å². The Morgan fingerprint density at radius 3 is 2.87 bits per heavy atom. The zero-order chi connectivity index (χ0) is 16.8. The summed E-state index contributed by atoms with van der Waals surface area (Å²) in [6, 6.07) is 4.20. The Bertz CT molecular complexity index is 576. The molecule has 1 aliphatic rings. The fourth-order valence-corrected chi connectivity index (χ4v) is 3.00. The maximum Gasteiger partial charge on any atom is 0.303 e. The number of nitrogens with zero attached hydrogens (tertiary/aromatic N) is 1.